The molecule has 1 saturated heterocycles. The Balaban J connectivity index is 2.06. The predicted octanol–water partition coefficient (Wildman–Crippen LogP) is 0.903. The van der Waals surface area contributed by atoms with E-state index < -0.39 is 6.04 Å². The summed E-state index contributed by atoms with van der Waals surface area (Å²) in [6.45, 7) is 0. The van der Waals surface area contributed by atoms with E-state index in [4.69, 9.17) is 0 Å². The van der Waals surface area contributed by atoms with Gasteiger partial charge in [-0.2, -0.15) is 0 Å². The van der Waals surface area contributed by atoms with Crippen molar-refractivity contribution in [2.75, 3.05) is 0 Å². The molecule has 2 amide bonds. The molecule has 0 saturated carbocycles. The molecule has 0 spiro atoms. The number of hydrogen-bond acceptors (Lipinski definition) is 2. The van der Waals surface area contributed by atoms with Crippen LogP contribution < -0.4 is 10.6 Å². The van der Waals surface area contributed by atoms with Crippen LogP contribution in [-0.2, 0) is 9.59 Å². The zero-order valence-electron chi connectivity index (χ0n) is 10.2. The van der Waals surface area contributed by atoms with Crippen LogP contribution in [0.25, 0.3) is 0 Å². The van der Waals surface area contributed by atoms with Crippen LogP contribution in [-0.4, -0.2) is 32.8 Å². The van der Waals surface area contributed by atoms with Crippen molar-refractivity contribution in [3.8, 4) is 0 Å². The van der Waals surface area contributed by atoms with Crippen molar-refractivity contribution in [2.45, 2.75) is 29.6 Å². The minimum absolute atomic E-state index is 0.0762. The summed E-state index contributed by atoms with van der Waals surface area (Å²) in [5.74, 6) is 1.93. The Bertz CT molecular complexity index is 436. The molecule has 1 aromatic rings. The minimum atomic E-state index is -0.554. The molecule has 2 unspecified atom stereocenters. The van der Waals surface area contributed by atoms with Crippen LogP contribution in [0.4, 0.5) is 0 Å². The van der Waals surface area contributed by atoms with Crippen LogP contribution in [0.5, 0.6) is 0 Å². The van der Waals surface area contributed by atoms with Gasteiger partial charge in [0, 0.05) is 0 Å². The van der Waals surface area contributed by atoms with Gasteiger partial charge in [0.15, 0.2) is 0 Å². The van der Waals surface area contributed by atoms with Crippen LogP contribution in [0.2, 0.25) is 11.1 Å². The number of benzene rings is 1. The second-order valence-electron chi connectivity index (χ2n) is 4.19. The Kier molecular flexibility index (Phi) is 4.39. The molecule has 0 radical (unpaired) electrons. The molecule has 5 heteroatoms. The zero-order valence-corrected chi connectivity index (χ0v) is 11.9. The summed E-state index contributed by atoms with van der Waals surface area (Å²) in [6.07, 6.45) is 0.732. The average Bonchev–Trinajstić information content (AvgIpc) is 2.40. The molecule has 2 N–H and O–H groups in total. The average molecular weight is 311 g/mol. The van der Waals surface area contributed by atoms with E-state index in [1.165, 1.54) is 0 Å². The molecular formula is C13H16N2O2Se. The van der Waals surface area contributed by atoms with Crippen molar-refractivity contribution in [3.05, 3.63) is 35.9 Å². The third-order valence-electron chi connectivity index (χ3n) is 2.93. The van der Waals surface area contributed by atoms with Gasteiger partial charge in [-0.1, -0.05) is 0 Å². The van der Waals surface area contributed by atoms with Crippen molar-refractivity contribution < 1.29 is 9.59 Å². The number of carbonyl (C=O) groups is 2. The Hall–Kier alpha value is -1.32. The van der Waals surface area contributed by atoms with Gasteiger partial charge in [0.05, 0.1) is 0 Å². The standard InChI is InChI=1S/C13H16N2O2Se/c1-18-8-7-10-12(16)15-11(13(17)14-10)9-5-3-2-4-6-9/h2-6,10-11H,7-8H2,1H3,(H,14,17)(H,15,16). The third kappa shape index (κ3) is 2.92. The van der Waals surface area contributed by atoms with E-state index >= 15 is 0 Å². The van der Waals surface area contributed by atoms with E-state index in [1.54, 1.807) is 0 Å². The molecule has 1 heterocycles. The molecule has 0 bridgehead atoms. The van der Waals surface area contributed by atoms with Crippen LogP contribution in [0.3, 0.4) is 0 Å². The number of amides is 2. The van der Waals surface area contributed by atoms with Crippen LogP contribution in [0.1, 0.15) is 18.0 Å². The molecule has 2 rings (SSSR count). The Morgan fingerprint density at radius 2 is 1.83 bits per heavy atom. The van der Waals surface area contributed by atoms with Gasteiger partial charge in [-0.05, 0) is 0 Å². The molecule has 2 atom stereocenters. The van der Waals surface area contributed by atoms with Crippen molar-refractivity contribution in [1.82, 2.24) is 10.6 Å². The summed E-state index contributed by atoms with van der Waals surface area (Å²) in [4.78, 5) is 23.9. The molecule has 1 fully saturated rings. The van der Waals surface area contributed by atoms with Crippen molar-refractivity contribution in [3.63, 3.8) is 0 Å². The fraction of sp³-hybridized carbons (Fsp3) is 0.385. The molecular weight excluding hydrogens is 295 g/mol. The van der Waals surface area contributed by atoms with Crippen LogP contribution in [0, 0.1) is 0 Å². The summed E-state index contributed by atoms with van der Waals surface area (Å²) in [5.41, 5.74) is 0.821. The second kappa shape index (κ2) is 6.03. The molecule has 1 aliphatic heterocycles. The maximum atomic E-state index is 12.0. The summed E-state index contributed by atoms with van der Waals surface area (Å²) in [5, 5.41) is 6.61. The van der Waals surface area contributed by atoms with E-state index in [0.717, 1.165) is 17.3 Å². The fourth-order valence-corrected chi connectivity index (χ4v) is 2.94. The number of piperazine rings is 1. The monoisotopic (exact) mass is 312 g/mol. The molecule has 0 aromatic heterocycles. The van der Waals surface area contributed by atoms with E-state index in [2.05, 4.69) is 16.5 Å². The number of hydrogen-bond donors (Lipinski definition) is 2. The van der Waals surface area contributed by atoms with E-state index in [0.29, 0.717) is 15.0 Å². The second-order valence-corrected chi connectivity index (χ2v) is 6.26. The first-order valence-electron chi connectivity index (χ1n) is 5.87. The first-order chi connectivity index (χ1) is 8.72. The predicted molar refractivity (Wildman–Crippen MR) is 70.3 cm³/mol. The number of rotatable bonds is 4. The Labute approximate surface area is 113 Å². The molecule has 4 nitrogen and oxygen atoms in total. The number of carbonyl (C=O) groups excluding carboxylic acids is 2. The van der Waals surface area contributed by atoms with Crippen LogP contribution in [0.15, 0.2) is 30.3 Å². The molecule has 1 aliphatic rings. The van der Waals surface area contributed by atoms with Crippen molar-refractivity contribution in [1.29, 1.82) is 0 Å². The van der Waals surface area contributed by atoms with Gasteiger partial charge < -0.3 is 0 Å². The maximum absolute atomic E-state index is 12.0. The molecule has 18 heavy (non-hydrogen) atoms. The first-order valence-corrected chi connectivity index (χ1v) is 8.79. The topological polar surface area (TPSA) is 58.2 Å². The van der Waals surface area contributed by atoms with Gasteiger partial charge in [0.1, 0.15) is 0 Å². The fourth-order valence-electron chi connectivity index (χ4n) is 1.95. The van der Waals surface area contributed by atoms with Crippen LogP contribution >= 0.6 is 0 Å². The summed E-state index contributed by atoms with van der Waals surface area (Å²) in [7, 11) is 0. The van der Waals surface area contributed by atoms with Crippen molar-refractivity contribution >= 4 is 26.8 Å². The van der Waals surface area contributed by atoms with E-state index in [-0.39, 0.29) is 17.9 Å². The van der Waals surface area contributed by atoms with Gasteiger partial charge in [-0.3, -0.25) is 0 Å². The molecule has 0 aliphatic carbocycles. The SMILES string of the molecule is C[Se]CCC1NC(=O)C(c2ccccc2)NC1=O. The zero-order chi connectivity index (χ0) is 13.0. The summed E-state index contributed by atoms with van der Waals surface area (Å²) in [6, 6.07) is 8.39. The van der Waals surface area contributed by atoms with Gasteiger partial charge >= 0.3 is 113 Å². The van der Waals surface area contributed by atoms with Gasteiger partial charge in [0.2, 0.25) is 0 Å². The Morgan fingerprint density at radius 3 is 2.50 bits per heavy atom. The Morgan fingerprint density at radius 1 is 1.11 bits per heavy atom. The summed E-state index contributed by atoms with van der Waals surface area (Å²) >= 11 is 0.529. The number of nitrogens with one attached hydrogen (secondary N) is 2. The quantitative estimate of drug-likeness (QED) is 0.812. The van der Waals surface area contributed by atoms with Gasteiger partial charge in [-0.15, -0.1) is 0 Å². The van der Waals surface area contributed by atoms with E-state index in [1.807, 2.05) is 30.3 Å². The van der Waals surface area contributed by atoms with Gasteiger partial charge in [-0.25, -0.2) is 0 Å². The first kappa shape index (κ1) is 13.1. The van der Waals surface area contributed by atoms with E-state index in [9.17, 15) is 9.59 Å². The summed E-state index contributed by atoms with van der Waals surface area (Å²) < 4.78 is 0. The van der Waals surface area contributed by atoms with Crippen molar-refractivity contribution in [2.24, 2.45) is 0 Å². The van der Waals surface area contributed by atoms with Gasteiger partial charge in [0.25, 0.3) is 0 Å². The normalized spacial score (nSPS) is 23.4. The third-order valence-corrected chi connectivity index (χ3v) is 4.28. The molecule has 96 valence electrons. The molecule has 1 aromatic carbocycles.